The van der Waals surface area contributed by atoms with E-state index in [2.05, 4.69) is 10.6 Å². The number of piperidine rings is 1. The molecule has 118 valence electrons. The molecule has 2 fully saturated rings. The van der Waals surface area contributed by atoms with Crippen molar-refractivity contribution in [2.45, 2.75) is 51.6 Å². The molecule has 1 saturated heterocycles. The molecule has 0 aromatic rings. The lowest BCUT2D eigenvalue weighted by Crippen LogP contribution is -2.57. The van der Waals surface area contributed by atoms with Crippen LogP contribution in [0.15, 0.2) is 0 Å². The number of hydrogen-bond acceptors (Lipinski definition) is 4. The quantitative estimate of drug-likeness (QED) is 0.704. The maximum Gasteiger partial charge on any atom is 0.321 e. The maximum atomic E-state index is 11.9. The zero-order chi connectivity index (χ0) is 15.6. The molecule has 7 nitrogen and oxygen atoms in total. The van der Waals surface area contributed by atoms with Crippen LogP contribution in [0.4, 0.5) is 4.79 Å². The van der Waals surface area contributed by atoms with Crippen LogP contribution in [0.5, 0.6) is 0 Å². The molecule has 2 aliphatic rings. The van der Waals surface area contributed by atoms with E-state index < -0.39 is 23.9 Å². The predicted molar refractivity (Wildman–Crippen MR) is 75.7 cm³/mol. The first kappa shape index (κ1) is 15.8. The van der Waals surface area contributed by atoms with Gasteiger partial charge in [-0.05, 0) is 37.6 Å². The number of carboxylic acid groups (broad SMARTS) is 1. The highest BCUT2D eigenvalue weighted by Gasteiger charge is 2.43. The van der Waals surface area contributed by atoms with Gasteiger partial charge in [-0.25, -0.2) is 4.79 Å². The van der Waals surface area contributed by atoms with Gasteiger partial charge in [0.05, 0.1) is 6.54 Å². The largest absolute Gasteiger partial charge is 0.480 e. The Morgan fingerprint density at radius 2 is 1.95 bits per heavy atom. The fourth-order valence-corrected chi connectivity index (χ4v) is 2.96. The molecule has 1 atom stereocenters. The summed E-state index contributed by atoms with van der Waals surface area (Å²) in [5.74, 6) is -1.38. The SMILES string of the molecule is CC1(C)CCCN(CC(=O)NC(=O)NC2CC2)C1C(=O)O. The van der Waals surface area contributed by atoms with E-state index in [4.69, 9.17) is 0 Å². The van der Waals surface area contributed by atoms with Gasteiger partial charge in [-0.1, -0.05) is 13.8 Å². The van der Waals surface area contributed by atoms with Crippen molar-refractivity contribution in [2.24, 2.45) is 5.41 Å². The van der Waals surface area contributed by atoms with Crippen LogP contribution in [0.2, 0.25) is 0 Å². The van der Waals surface area contributed by atoms with Crippen molar-refractivity contribution in [1.82, 2.24) is 15.5 Å². The van der Waals surface area contributed by atoms with E-state index in [0.717, 1.165) is 25.7 Å². The molecule has 1 unspecified atom stereocenters. The van der Waals surface area contributed by atoms with Crippen molar-refractivity contribution in [3.05, 3.63) is 0 Å². The number of carboxylic acids is 1. The first-order valence-electron chi connectivity index (χ1n) is 7.37. The minimum Gasteiger partial charge on any atom is -0.480 e. The number of urea groups is 1. The summed E-state index contributed by atoms with van der Waals surface area (Å²) in [6, 6.07) is -1.02. The van der Waals surface area contributed by atoms with Gasteiger partial charge in [0.15, 0.2) is 0 Å². The number of imide groups is 1. The Hall–Kier alpha value is -1.63. The van der Waals surface area contributed by atoms with Gasteiger partial charge in [0.2, 0.25) is 5.91 Å². The summed E-state index contributed by atoms with van der Waals surface area (Å²) in [4.78, 5) is 36.5. The number of nitrogens with one attached hydrogen (secondary N) is 2. The number of carbonyl (C=O) groups excluding carboxylic acids is 2. The van der Waals surface area contributed by atoms with Crippen LogP contribution in [0.1, 0.15) is 39.5 Å². The third-order valence-electron chi connectivity index (χ3n) is 4.12. The van der Waals surface area contributed by atoms with Crippen LogP contribution in [-0.4, -0.2) is 53.1 Å². The smallest absolute Gasteiger partial charge is 0.321 e. The molecule has 21 heavy (non-hydrogen) atoms. The van der Waals surface area contributed by atoms with E-state index in [1.807, 2.05) is 13.8 Å². The minimum atomic E-state index is -0.921. The average Bonchev–Trinajstić information content (AvgIpc) is 3.10. The molecule has 3 amide bonds. The number of aliphatic carboxylic acids is 1. The van der Waals surface area contributed by atoms with Crippen molar-refractivity contribution in [3.8, 4) is 0 Å². The Balaban J connectivity index is 1.91. The molecule has 0 spiro atoms. The molecule has 1 heterocycles. The zero-order valence-electron chi connectivity index (χ0n) is 12.5. The van der Waals surface area contributed by atoms with Crippen LogP contribution in [0.3, 0.4) is 0 Å². The van der Waals surface area contributed by atoms with Gasteiger partial charge in [-0.3, -0.25) is 19.8 Å². The summed E-state index contributed by atoms with van der Waals surface area (Å²) in [5.41, 5.74) is -0.388. The summed E-state index contributed by atoms with van der Waals surface area (Å²) >= 11 is 0. The van der Waals surface area contributed by atoms with Gasteiger partial charge in [-0.15, -0.1) is 0 Å². The van der Waals surface area contributed by atoms with E-state index in [9.17, 15) is 19.5 Å². The van der Waals surface area contributed by atoms with Gasteiger partial charge in [0, 0.05) is 6.04 Å². The standard InChI is InChI=1S/C14H23N3O4/c1-14(2)6-3-7-17(11(14)12(19)20)8-10(18)16-13(21)15-9-4-5-9/h9,11H,3-8H2,1-2H3,(H,19,20)(H2,15,16,18,21). The lowest BCUT2D eigenvalue weighted by molar-refractivity contribution is -0.151. The van der Waals surface area contributed by atoms with Gasteiger partial charge in [-0.2, -0.15) is 0 Å². The van der Waals surface area contributed by atoms with Crippen molar-refractivity contribution in [3.63, 3.8) is 0 Å². The topological polar surface area (TPSA) is 98.7 Å². The van der Waals surface area contributed by atoms with Gasteiger partial charge >= 0.3 is 12.0 Å². The number of carbonyl (C=O) groups is 3. The molecule has 0 aromatic carbocycles. The summed E-state index contributed by atoms with van der Waals surface area (Å²) in [6.45, 7) is 4.28. The van der Waals surface area contributed by atoms with Crippen molar-refractivity contribution in [1.29, 1.82) is 0 Å². The average molecular weight is 297 g/mol. The van der Waals surface area contributed by atoms with Gasteiger partial charge < -0.3 is 10.4 Å². The second-order valence-electron chi connectivity index (χ2n) is 6.60. The zero-order valence-corrected chi connectivity index (χ0v) is 12.5. The van der Waals surface area contributed by atoms with Crippen LogP contribution in [0.25, 0.3) is 0 Å². The Kier molecular flexibility index (Phi) is 4.51. The van der Waals surface area contributed by atoms with Crippen LogP contribution in [-0.2, 0) is 9.59 Å². The molecule has 1 saturated carbocycles. The minimum absolute atomic E-state index is 0.0709. The van der Waals surface area contributed by atoms with Crippen LogP contribution >= 0.6 is 0 Å². The first-order chi connectivity index (χ1) is 9.79. The third-order valence-corrected chi connectivity index (χ3v) is 4.12. The molecule has 0 aromatic heterocycles. The van der Waals surface area contributed by atoms with Crippen molar-refractivity contribution < 1.29 is 19.5 Å². The Bertz CT molecular complexity index is 446. The molecule has 1 aliphatic heterocycles. The Morgan fingerprint density at radius 1 is 1.29 bits per heavy atom. The summed E-state index contributed by atoms with van der Waals surface area (Å²) in [7, 11) is 0. The van der Waals surface area contributed by atoms with Crippen LogP contribution < -0.4 is 10.6 Å². The monoisotopic (exact) mass is 297 g/mol. The molecule has 2 rings (SSSR count). The molecule has 3 N–H and O–H groups in total. The molecule has 0 bridgehead atoms. The molecule has 1 aliphatic carbocycles. The predicted octanol–water partition coefficient (Wildman–Crippen LogP) is 0.550. The Labute approximate surface area is 124 Å². The van der Waals surface area contributed by atoms with E-state index in [-0.39, 0.29) is 18.0 Å². The third kappa shape index (κ3) is 4.17. The normalized spacial score (nSPS) is 25.1. The number of nitrogens with zero attached hydrogens (tertiary/aromatic N) is 1. The molecule has 7 heteroatoms. The highest BCUT2D eigenvalue weighted by molar-refractivity contribution is 5.95. The number of rotatable bonds is 4. The van der Waals surface area contributed by atoms with Crippen molar-refractivity contribution in [2.75, 3.05) is 13.1 Å². The lowest BCUT2D eigenvalue weighted by atomic mass is 9.76. The molecular formula is C14H23N3O4. The highest BCUT2D eigenvalue weighted by Crippen LogP contribution is 2.35. The second-order valence-corrected chi connectivity index (χ2v) is 6.60. The summed E-state index contributed by atoms with van der Waals surface area (Å²) < 4.78 is 0. The lowest BCUT2D eigenvalue weighted by Gasteiger charge is -2.43. The van der Waals surface area contributed by atoms with Crippen molar-refractivity contribution >= 4 is 17.9 Å². The van der Waals surface area contributed by atoms with E-state index in [1.165, 1.54) is 0 Å². The second kappa shape index (κ2) is 6.01. The highest BCUT2D eigenvalue weighted by atomic mass is 16.4. The molecular weight excluding hydrogens is 274 g/mol. The summed E-state index contributed by atoms with van der Waals surface area (Å²) in [5, 5.41) is 14.3. The van der Waals surface area contributed by atoms with Gasteiger partial charge in [0.25, 0.3) is 0 Å². The van der Waals surface area contributed by atoms with Crippen LogP contribution in [0, 0.1) is 5.41 Å². The maximum absolute atomic E-state index is 11.9. The number of hydrogen-bond donors (Lipinski definition) is 3. The number of amides is 3. The first-order valence-corrected chi connectivity index (χ1v) is 7.37. The summed E-state index contributed by atoms with van der Waals surface area (Å²) in [6.07, 6.45) is 3.55. The van der Waals surface area contributed by atoms with E-state index in [1.54, 1.807) is 4.90 Å². The Morgan fingerprint density at radius 3 is 2.52 bits per heavy atom. The molecule has 0 radical (unpaired) electrons. The fraction of sp³-hybridized carbons (Fsp3) is 0.786. The number of likely N-dealkylation sites (tertiary alicyclic amines) is 1. The fourth-order valence-electron chi connectivity index (χ4n) is 2.96. The van der Waals surface area contributed by atoms with E-state index in [0.29, 0.717) is 6.54 Å². The van der Waals surface area contributed by atoms with Gasteiger partial charge in [0.1, 0.15) is 6.04 Å². The van der Waals surface area contributed by atoms with E-state index >= 15 is 0 Å².